The minimum atomic E-state index is 0.669. The molecule has 2 nitrogen and oxygen atoms in total. The number of H-pyrrole nitrogens is 1. The van der Waals surface area contributed by atoms with Gasteiger partial charge in [0.25, 0.3) is 0 Å². The first-order chi connectivity index (χ1) is 6.90. The highest BCUT2D eigenvalue weighted by Gasteiger charge is 1.94. The van der Waals surface area contributed by atoms with Gasteiger partial charge in [0.2, 0.25) is 0 Å². The maximum Gasteiger partial charge on any atom is 0.0931 e. The monoisotopic (exact) mass is 206 g/mol. The van der Waals surface area contributed by atoms with E-state index in [0.29, 0.717) is 5.88 Å². The Bertz CT molecular complexity index is 445. The normalized spacial score (nSPS) is 11.5. The largest absolute Gasteiger partial charge is 0.345 e. The summed E-state index contributed by atoms with van der Waals surface area (Å²) in [7, 11) is 0. The van der Waals surface area contributed by atoms with Crippen LogP contribution in [0, 0.1) is 0 Å². The van der Waals surface area contributed by atoms with Gasteiger partial charge in [-0.2, -0.15) is 0 Å². The Morgan fingerprint density at radius 3 is 3.21 bits per heavy atom. The summed E-state index contributed by atoms with van der Waals surface area (Å²) < 4.78 is 0. The molecule has 1 N–H and O–H groups in total. The minimum Gasteiger partial charge on any atom is -0.345 e. The quantitative estimate of drug-likeness (QED) is 0.768. The molecule has 1 aromatic carbocycles. The van der Waals surface area contributed by atoms with Crippen LogP contribution in [-0.2, 0) is 0 Å². The zero-order chi connectivity index (χ0) is 9.80. The van der Waals surface area contributed by atoms with Crippen molar-refractivity contribution in [3.05, 3.63) is 36.2 Å². The van der Waals surface area contributed by atoms with Gasteiger partial charge in [0, 0.05) is 5.88 Å². The number of alkyl halides is 1. The van der Waals surface area contributed by atoms with Crippen LogP contribution in [0.15, 0.2) is 30.6 Å². The van der Waals surface area contributed by atoms with Crippen LogP contribution in [0.3, 0.4) is 0 Å². The Kier molecular flexibility index (Phi) is 2.84. The molecule has 0 amide bonds. The van der Waals surface area contributed by atoms with Gasteiger partial charge in [0.1, 0.15) is 0 Å². The van der Waals surface area contributed by atoms with Crippen LogP contribution in [0.2, 0.25) is 0 Å². The van der Waals surface area contributed by atoms with Crippen molar-refractivity contribution in [3.8, 4) is 0 Å². The molecule has 1 heterocycles. The van der Waals surface area contributed by atoms with E-state index in [2.05, 4.69) is 28.2 Å². The average molecular weight is 207 g/mol. The van der Waals surface area contributed by atoms with Crippen LogP contribution < -0.4 is 0 Å². The van der Waals surface area contributed by atoms with Gasteiger partial charge in [-0.05, 0) is 24.1 Å². The van der Waals surface area contributed by atoms with Gasteiger partial charge in [0.15, 0.2) is 0 Å². The topological polar surface area (TPSA) is 28.7 Å². The van der Waals surface area contributed by atoms with E-state index in [1.807, 2.05) is 12.1 Å². The number of hydrogen-bond acceptors (Lipinski definition) is 1. The standard InChI is InChI=1S/C11H11ClN2/c12-6-2-1-3-9-4-5-10-11(7-9)14-8-13-10/h1,3-5,7-8H,2,6H2,(H,13,14). The number of fused-ring (bicyclic) bond motifs is 1. The Morgan fingerprint density at radius 1 is 1.43 bits per heavy atom. The van der Waals surface area contributed by atoms with E-state index in [4.69, 9.17) is 11.6 Å². The summed E-state index contributed by atoms with van der Waals surface area (Å²) in [5.41, 5.74) is 3.24. The molecule has 2 aromatic rings. The summed E-state index contributed by atoms with van der Waals surface area (Å²) in [6, 6.07) is 6.13. The Labute approximate surface area is 87.6 Å². The predicted molar refractivity (Wildman–Crippen MR) is 60.5 cm³/mol. The van der Waals surface area contributed by atoms with Crippen LogP contribution in [0.5, 0.6) is 0 Å². The fourth-order valence-corrected chi connectivity index (χ4v) is 1.47. The Morgan fingerprint density at radius 2 is 2.36 bits per heavy atom. The lowest BCUT2D eigenvalue weighted by Gasteiger charge is -1.93. The second-order valence-electron chi connectivity index (χ2n) is 3.06. The van der Waals surface area contributed by atoms with Gasteiger partial charge in [-0.1, -0.05) is 18.2 Å². The summed E-state index contributed by atoms with van der Waals surface area (Å²) >= 11 is 5.58. The van der Waals surface area contributed by atoms with Crippen molar-refractivity contribution >= 4 is 28.7 Å². The zero-order valence-corrected chi connectivity index (χ0v) is 8.46. The molecule has 14 heavy (non-hydrogen) atoms. The molecule has 0 aliphatic carbocycles. The second kappa shape index (κ2) is 4.29. The van der Waals surface area contributed by atoms with Crippen LogP contribution in [0.25, 0.3) is 17.1 Å². The molecule has 2 rings (SSSR count). The van der Waals surface area contributed by atoms with E-state index in [0.717, 1.165) is 17.5 Å². The lowest BCUT2D eigenvalue weighted by molar-refractivity contribution is 1.24. The summed E-state index contributed by atoms with van der Waals surface area (Å²) in [4.78, 5) is 7.23. The molecular formula is C11H11ClN2. The molecule has 0 unspecified atom stereocenters. The summed E-state index contributed by atoms with van der Waals surface area (Å²) in [5, 5.41) is 0. The highest BCUT2D eigenvalue weighted by Crippen LogP contribution is 2.12. The molecule has 0 aliphatic heterocycles. The second-order valence-corrected chi connectivity index (χ2v) is 3.44. The van der Waals surface area contributed by atoms with Crippen molar-refractivity contribution in [2.24, 2.45) is 0 Å². The van der Waals surface area contributed by atoms with Gasteiger partial charge >= 0.3 is 0 Å². The van der Waals surface area contributed by atoms with Crippen LogP contribution in [-0.4, -0.2) is 15.8 Å². The third-order valence-electron chi connectivity index (χ3n) is 2.03. The first kappa shape index (κ1) is 9.28. The van der Waals surface area contributed by atoms with E-state index in [1.165, 1.54) is 5.56 Å². The number of benzene rings is 1. The fourth-order valence-electron chi connectivity index (χ4n) is 1.34. The summed E-state index contributed by atoms with van der Waals surface area (Å²) in [6.07, 6.45) is 6.76. The number of halogens is 1. The number of nitrogens with one attached hydrogen (secondary N) is 1. The number of aromatic amines is 1. The van der Waals surface area contributed by atoms with Gasteiger partial charge < -0.3 is 4.98 Å². The van der Waals surface area contributed by atoms with Crippen molar-refractivity contribution in [1.29, 1.82) is 0 Å². The van der Waals surface area contributed by atoms with Gasteiger partial charge in [-0.25, -0.2) is 4.98 Å². The van der Waals surface area contributed by atoms with E-state index in [1.54, 1.807) is 6.33 Å². The van der Waals surface area contributed by atoms with Gasteiger partial charge in [0.05, 0.1) is 17.4 Å². The molecule has 0 fully saturated rings. The predicted octanol–water partition coefficient (Wildman–Crippen LogP) is 3.21. The maximum atomic E-state index is 5.58. The highest BCUT2D eigenvalue weighted by atomic mass is 35.5. The molecule has 0 spiro atoms. The SMILES string of the molecule is ClCCC=Cc1ccc2nc[nH]c2c1. The van der Waals surface area contributed by atoms with E-state index in [9.17, 15) is 0 Å². The number of rotatable bonds is 3. The first-order valence-electron chi connectivity index (χ1n) is 4.56. The number of hydrogen-bond donors (Lipinski definition) is 1. The Balaban J connectivity index is 2.25. The van der Waals surface area contributed by atoms with Crippen molar-refractivity contribution < 1.29 is 0 Å². The highest BCUT2D eigenvalue weighted by molar-refractivity contribution is 6.17. The fraction of sp³-hybridized carbons (Fsp3) is 0.182. The molecule has 0 saturated carbocycles. The number of nitrogens with zero attached hydrogens (tertiary/aromatic N) is 1. The van der Waals surface area contributed by atoms with Crippen LogP contribution in [0.1, 0.15) is 12.0 Å². The molecule has 1 aromatic heterocycles. The van der Waals surface area contributed by atoms with Gasteiger partial charge in [-0.15, -0.1) is 11.6 Å². The number of allylic oxidation sites excluding steroid dienone is 1. The van der Waals surface area contributed by atoms with Crippen molar-refractivity contribution in [2.75, 3.05) is 5.88 Å². The lowest BCUT2D eigenvalue weighted by atomic mass is 10.2. The molecule has 0 bridgehead atoms. The first-order valence-corrected chi connectivity index (χ1v) is 5.09. The van der Waals surface area contributed by atoms with E-state index >= 15 is 0 Å². The lowest BCUT2D eigenvalue weighted by Crippen LogP contribution is -1.74. The third-order valence-corrected chi connectivity index (χ3v) is 2.25. The van der Waals surface area contributed by atoms with Crippen molar-refractivity contribution in [2.45, 2.75) is 6.42 Å². The van der Waals surface area contributed by atoms with E-state index < -0.39 is 0 Å². The van der Waals surface area contributed by atoms with Crippen molar-refractivity contribution in [1.82, 2.24) is 9.97 Å². The molecule has 0 atom stereocenters. The minimum absolute atomic E-state index is 0.669. The molecule has 72 valence electrons. The maximum absolute atomic E-state index is 5.58. The molecule has 0 aliphatic rings. The molecular weight excluding hydrogens is 196 g/mol. The smallest absolute Gasteiger partial charge is 0.0931 e. The molecule has 3 heteroatoms. The summed E-state index contributed by atoms with van der Waals surface area (Å²) in [6.45, 7) is 0. The van der Waals surface area contributed by atoms with Crippen LogP contribution in [0.4, 0.5) is 0 Å². The average Bonchev–Trinajstić information content (AvgIpc) is 2.65. The Hall–Kier alpha value is -1.28. The zero-order valence-electron chi connectivity index (χ0n) is 7.70. The van der Waals surface area contributed by atoms with E-state index in [-0.39, 0.29) is 0 Å². The van der Waals surface area contributed by atoms with Gasteiger partial charge in [-0.3, -0.25) is 0 Å². The molecule has 0 radical (unpaired) electrons. The van der Waals surface area contributed by atoms with Crippen LogP contribution >= 0.6 is 11.6 Å². The molecule has 0 saturated heterocycles. The third kappa shape index (κ3) is 1.96. The van der Waals surface area contributed by atoms with Crippen molar-refractivity contribution in [3.63, 3.8) is 0 Å². The number of aromatic nitrogens is 2. The summed E-state index contributed by atoms with van der Waals surface area (Å²) in [5.74, 6) is 0.669. The number of imidazole rings is 1.